The zero-order chi connectivity index (χ0) is 24.8. The van der Waals surface area contributed by atoms with Crippen molar-refractivity contribution in [3.63, 3.8) is 0 Å². The second kappa shape index (κ2) is 12.0. The standard InChI is InChI=1S/C28H38N4O2S/c1-4-6-12-29-18-26(33)24(15-20-10-8-7-9-11-20)30-28(34)22-16-23-21(5-2)19-32-13-14-35-31(3)25(17-22)27(23)32/h7-11,16-17,19,24,26,29,33H,4-6,12-15,18H2,1-3H3,(H,30,34)/t24-,26+/m0/s1. The third kappa shape index (κ3) is 6.02. The topological polar surface area (TPSA) is 69.5 Å². The summed E-state index contributed by atoms with van der Waals surface area (Å²) in [5.41, 5.74) is 5.26. The average Bonchev–Trinajstić information content (AvgIpc) is 3.15. The van der Waals surface area contributed by atoms with Crippen molar-refractivity contribution in [1.82, 2.24) is 15.2 Å². The number of nitrogens with one attached hydrogen (secondary N) is 2. The van der Waals surface area contributed by atoms with Crippen molar-refractivity contribution in [3.05, 3.63) is 65.4 Å². The van der Waals surface area contributed by atoms with Crippen molar-refractivity contribution in [2.75, 3.05) is 30.2 Å². The number of aliphatic hydroxyl groups is 1. The minimum atomic E-state index is -0.688. The normalized spacial score (nSPS) is 15.1. The number of anilines is 1. The van der Waals surface area contributed by atoms with Crippen molar-refractivity contribution in [1.29, 1.82) is 0 Å². The van der Waals surface area contributed by atoms with E-state index in [9.17, 15) is 9.90 Å². The van der Waals surface area contributed by atoms with Gasteiger partial charge in [-0.05, 0) is 61.0 Å². The van der Waals surface area contributed by atoms with E-state index in [1.807, 2.05) is 42.5 Å². The fourth-order valence-corrected chi connectivity index (χ4v) is 5.59. The molecule has 0 saturated carbocycles. The second-order valence-corrected chi connectivity index (χ2v) is 10.5. The van der Waals surface area contributed by atoms with Crippen molar-refractivity contribution >= 4 is 34.4 Å². The largest absolute Gasteiger partial charge is 0.390 e. The molecular formula is C28H38N4O2S. The highest BCUT2D eigenvalue weighted by atomic mass is 32.2. The fourth-order valence-electron chi connectivity index (χ4n) is 4.76. The molecular weight excluding hydrogens is 456 g/mol. The molecule has 0 fully saturated rings. The number of amides is 1. The Kier molecular flexibility index (Phi) is 8.76. The van der Waals surface area contributed by atoms with Gasteiger partial charge in [-0.1, -0.05) is 50.6 Å². The Morgan fingerprint density at radius 1 is 1.20 bits per heavy atom. The summed E-state index contributed by atoms with van der Waals surface area (Å²) in [6.45, 7) is 6.58. The number of hydrogen-bond acceptors (Lipinski definition) is 5. The number of aliphatic hydroxyl groups excluding tert-OH is 1. The van der Waals surface area contributed by atoms with Crippen molar-refractivity contribution in [2.24, 2.45) is 0 Å². The van der Waals surface area contributed by atoms with Crippen LogP contribution in [0, 0.1) is 0 Å². The Hall–Kier alpha value is -2.48. The highest BCUT2D eigenvalue weighted by molar-refractivity contribution is 8.00. The maximum Gasteiger partial charge on any atom is 0.251 e. The summed E-state index contributed by atoms with van der Waals surface area (Å²) in [5, 5.41) is 18.7. The lowest BCUT2D eigenvalue weighted by atomic mass is 9.99. The zero-order valence-corrected chi connectivity index (χ0v) is 21.9. The van der Waals surface area contributed by atoms with Gasteiger partial charge in [-0.3, -0.25) is 4.79 Å². The lowest BCUT2D eigenvalue weighted by Crippen LogP contribution is -2.48. The minimum absolute atomic E-state index is 0.144. The quantitative estimate of drug-likeness (QED) is 0.272. The van der Waals surface area contributed by atoms with Crippen LogP contribution in [0.25, 0.3) is 10.9 Å². The molecule has 1 aliphatic rings. The Morgan fingerprint density at radius 3 is 2.74 bits per heavy atom. The van der Waals surface area contributed by atoms with Crippen LogP contribution in [0.5, 0.6) is 0 Å². The van der Waals surface area contributed by atoms with Crippen LogP contribution in [0.1, 0.15) is 48.2 Å². The maximum absolute atomic E-state index is 13.6. The molecule has 7 heteroatoms. The Bertz CT molecular complexity index is 1130. The predicted octanol–water partition coefficient (Wildman–Crippen LogP) is 4.39. The number of carbonyl (C=O) groups excluding carboxylic acids is 1. The van der Waals surface area contributed by atoms with Crippen LogP contribution in [0.4, 0.5) is 5.69 Å². The number of benzene rings is 2. The van der Waals surface area contributed by atoms with Gasteiger partial charge in [-0.25, -0.2) is 0 Å². The van der Waals surface area contributed by atoms with E-state index < -0.39 is 12.1 Å². The van der Waals surface area contributed by atoms with Gasteiger partial charge in [-0.15, -0.1) is 0 Å². The number of hydrogen-bond donors (Lipinski definition) is 3. The molecule has 3 aromatic rings. The molecule has 6 nitrogen and oxygen atoms in total. The molecule has 35 heavy (non-hydrogen) atoms. The molecule has 1 amide bonds. The summed E-state index contributed by atoms with van der Waals surface area (Å²) in [5.74, 6) is 0.852. The first-order valence-electron chi connectivity index (χ1n) is 12.8. The summed E-state index contributed by atoms with van der Waals surface area (Å²) in [6, 6.07) is 13.7. The van der Waals surface area contributed by atoms with Gasteiger partial charge in [0.25, 0.3) is 5.91 Å². The minimum Gasteiger partial charge on any atom is -0.390 e. The molecule has 3 N–H and O–H groups in total. The van der Waals surface area contributed by atoms with Crippen molar-refractivity contribution in [3.8, 4) is 0 Å². The van der Waals surface area contributed by atoms with Crippen molar-refractivity contribution in [2.45, 2.75) is 58.2 Å². The SMILES string of the molecule is CCCCNC[C@@H](O)[C@H](Cc1ccccc1)NC(=O)c1cc2c3c(c1)c(CC)cn3CCSN2C. The van der Waals surface area contributed by atoms with Gasteiger partial charge >= 0.3 is 0 Å². The molecule has 4 rings (SSSR count). The van der Waals surface area contributed by atoms with Gasteiger partial charge in [0.15, 0.2) is 0 Å². The molecule has 0 unspecified atom stereocenters. The highest BCUT2D eigenvalue weighted by Crippen LogP contribution is 2.37. The Balaban J connectivity index is 1.61. The second-order valence-electron chi connectivity index (χ2n) is 9.32. The third-order valence-electron chi connectivity index (χ3n) is 6.77. The van der Waals surface area contributed by atoms with E-state index >= 15 is 0 Å². The number of carbonyl (C=O) groups is 1. The number of aryl methyl sites for hydroxylation is 2. The van der Waals surface area contributed by atoms with Crippen LogP contribution in [0.3, 0.4) is 0 Å². The van der Waals surface area contributed by atoms with Crippen LogP contribution in [0.2, 0.25) is 0 Å². The molecule has 2 heterocycles. The number of nitrogens with zero attached hydrogens (tertiary/aromatic N) is 2. The monoisotopic (exact) mass is 494 g/mol. The van der Waals surface area contributed by atoms with E-state index in [1.165, 1.54) is 11.1 Å². The average molecular weight is 495 g/mol. The molecule has 1 aliphatic heterocycles. The summed E-state index contributed by atoms with van der Waals surface area (Å²) in [7, 11) is 2.07. The number of unbranched alkanes of at least 4 members (excludes halogenated alkanes) is 1. The number of aromatic nitrogens is 1. The Morgan fingerprint density at radius 2 is 2.00 bits per heavy atom. The molecule has 2 aromatic carbocycles. The van der Waals surface area contributed by atoms with Gasteiger partial charge in [0.2, 0.25) is 0 Å². The Labute approximate surface area is 213 Å². The summed E-state index contributed by atoms with van der Waals surface area (Å²) in [4.78, 5) is 13.6. The summed E-state index contributed by atoms with van der Waals surface area (Å²) >= 11 is 1.77. The van der Waals surface area contributed by atoms with E-state index in [2.05, 4.69) is 46.6 Å². The first kappa shape index (κ1) is 25.6. The van der Waals surface area contributed by atoms with E-state index in [0.717, 1.165) is 54.7 Å². The molecule has 0 spiro atoms. The summed E-state index contributed by atoms with van der Waals surface area (Å²) in [6.07, 6.45) is 5.21. The first-order chi connectivity index (χ1) is 17.0. The van der Waals surface area contributed by atoms with Crippen LogP contribution in [-0.4, -0.2) is 53.6 Å². The van der Waals surface area contributed by atoms with Crippen LogP contribution in [0.15, 0.2) is 48.7 Å². The van der Waals surface area contributed by atoms with Crippen LogP contribution < -0.4 is 14.9 Å². The van der Waals surface area contributed by atoms with Gasteiger partial charge in [0.05, 0.1) is 23.3 Å². The maximum atomic E-state index is 13.6. The molecule has 0 saturated heterocycles. The summed E-state index contributed by atoms with van der Waals surface area (Å²) < 4.78 is 4.50. The van der Waals surface area contributed by atoms with Gasteiger partial charge < -0.3 is 24.6 Å². The van der Waals surface area contributed by atoms with E-state index in [0.29, 0.717) is 18.5 Å². The number of rotatable bonds is 11. The van der Waals surface area contributed by atoms with Crippen LogP contribution in [-0.2, 0) is 19.4 Å². The smallest absolute Gasteiger partial charge is 0.251 e. The first-order valence-corrected chi connectivity index (χ1v) is 13.7. The lowest BCUT2D eigenvalue weighted by Gasteiger charge is -2.25. The molecule has 0 radical (unpaired) electrons. The highest BCUT2D eigenvalue weighted by Gasteiger charge is 2.25. The fraction of sp³-hybridized carbons (Fsp3) is 0.464. The lowest BCUT2D eigenvalue weighted by molar-refractivity contribution is 0.0831. The van der Waals surface area contributed by atoms with E-state index in [4.69, 9.17) is 0 Å². The molecule has 1 aromatic heterocycles. The molecule has 0 aliphatic carbocycles. The van der Waals surface area contributed by atoms with E-state index in [-0.39, 0.29) is 5.91 Å². The third-order valence-corrected chi connectivity index (χ3v) is 7.72. The zero-order valence-electron chi connectivity index (χ0n) is 21.1. The van der Waals surface area contributed by atoms with Gasteiger partial charge in [0, 0.05) is 43.0 Å². The predicted molar refractivity (Wildman–Crippen MR) is 147 cm³/mol. The van der Waals surface area contributed by atoms with E-state index in [1.54, 1.807) is 11.9 Å². The molecule has 2 atom stereocenters. The van der Waals surface area contributed by atoms with Crippen molar-refractivity contribution < 1.29 is 9.90 Å². The molecule has 188 valence electrons. The van der Waals surface area contributed by atoms with Crippen LogP contribution >= 0.6 is 11.9 Å². The van der Waals surface area contributed by atoms with Gasteiger partial charge in [-0.2, -0.15) is 0 Å². The van der Waals surface area contributed by atoms with Gasteiger partial charge in [0.1, 0.15) is 0 Å². The molecule has 0 bridgehead atoms.